The average Bonchev–Trinajstić information content (AvgIpc) is 2.15. The van der Waals surface area contributed by atoms with Crippen LogP contribution in [0.3, 0.4) is 0 Å². The third kappa shape index (κ3) is 2.65. The second kappa shape index (κ2) is 4.31. The van der Waals surface area contributed by atoms with Gasteiger partial charge in [0.1, 0.15) is 5.75 Å². The Morgan fingerprint density at radius 2 is 1.88 bits per heavy atom. The first-order chi connectivity index (χ1) is 7.23. The Balaban J connectivity index is 3.29. The third-order valence-corrected chi connectivity index (χ3v) is 2.16. The molecule has 16 heavy (non-hydrogen) atoms. The van der Waals surface area contributed by atoms with E-state index in [1.165, 1.54) is 6.92 Å². The summed E-state index contributed by atoms with van der Waals surface area (Å²) >= 11 is 0. The molecule has 1 aromatic rings. The minimum atomic E-state index is -4.63. The Hall–Kier alpha value is -1.27. The number of phenols is 1. The van der Waals surface area contributed by atoms with Crippen molar-refractivity contribution in [2.45, 2.75) is 25.2 Å². The van der Waals surface area contributed by atoms with Crippen molar-refractivity contribution in [1.29, 1.82) is 0 Å². The number of aromatic hydroxyl groups is 1. The standard InChI is InChI=1S/C10H12F3NO2/c1-5(14)9(16)7-3-2-6(15)4-8(7)10(11,12)13/h2-5,9,15-16H,14H2,1H3. The van der Waals surface area contributed by atoms with Gasteiger partial charge in [0.15, 0.2) is 0 Å². The van der Waals surface area contributed by atoms with Crippen LogP contribution in [-0.2, 0) is 6.18 Å². The number of aliphatic hydroxyl groups excluding tert-OH is 1. The van der Waals surface area contributed by atoms with Gasteiger partial charge in [0.05, 0.1) is 11.7 Å². The van der Waals surface area contributed by atoms with Gasteiger partial charge in [-0.1, -0.05) is 6.07 Å². The second-order valence-corrected chi connectivity index (χ2v) is 3.57. The number of hydrogen-bond donors (Lipinski definition) is 3. The van der Waals surface area contributed by atoms with E-state index in [0.29, 0.717) is 6.07 Å². The molecular formula is C10H12F3NO2. The zero-order chi connectivity index (χ0) is 12.5. The Bertz CT molecular complexity index is 377. The number of alkyl halides is 3. The SMILES string of the molecule is CC(N)C(O)c1ccc(O)cc1C(F)(F)F. The maximum atomic E-state index is 12.6. The lowest BCUT2D eigenvalue weighted by Gasteiger charge is -2.20. The zero-order valence-electron chi connectivity index (χ0n) is 8.49. The number of halogens is 3. The summed E-state index contributed by atoms with van der Waals surface area (Å²) in [4.78, 5) is 0. The number of rotatable bonds is 2. The van der Waals surface area contributed by atoms with Gasteiger partial charge in [-0.3, -0.25) is 0 Å². The zero-order valence-corrected chi connectivity index (χ0v) is 8.49. The minimum Gasteiger partial charge on any atom is -0.508 e. The van der Waals surface area contributed by atoms with E-state index in [4.69, 9.17) is 10.8 Å². The van der Waals surface area contributed by atoms with E-state index >= 15 is 0 Å². The highest BCUT2D eigenvalue weighted by atomic mass is 19.4. The Morgan fingerprint density at radius 1 is 1.31 bits per heavy atom. The molecule has 0 radical (unpaired) electrons. The third-order valence-electron chi connectivity index (χ3n) is 2.16. The van der Waals surface area contributed by atoms with Crippen LogP contribution < -0.4 is 5.73 Å². The highest BCUT2D eigenvalue weighted by Crippen LogP contribution is 2.37. The fraction of sp³-hybridized carbons (Fsp3) is 0.400. The smallest absolute Gasteiger partial charge is 0.416 e. The van der Waals surface area contributed by atoms with Crippen LogP contribution >= 0.6 is 0 Å². The molecule has 2 atom stereocenters. The van der Waals surface area contributed by atoms with E-state index in [-0.39, 0.29) is 5.56 Å². The summed E-state index contributed by atoms with van der Waals surface area (Å²) in [6, 6.07) is 1.84. The minimum absolute atomic E-state index is 0.333. The summed E-state index contributed by atoms with van der Waals surface area (Å²) < 4.78 is 37.8. The van der Waals surface area contributed by atoms with Crippen LogP contribution in [0.15, 0.2) is 18.2 Å². The lowest BCUT2D eigenvalue weighted by atomic mass is 9.97. The van der Waals surface area contributed by atoms with Crippen molar-refractivity contribution in [2.24, 2.45) is 5.73 Å². The Morgan fingerprint density at radius 3 is 2.31 bits per heavy atom. The van der Waals surface area contributed by atoms with Gasteiger partial charge in [-0.2, -0.15) is 13.2 Å². The molecule has 0 aromatic heterocycles. The maximum Gasteiger partial charge on any atom is 0.416 e. The quantitative estimate of drug-likeness (QED) is 0.732. The fourth-order valence-electron chi connectivity index (χ4n) is 1.33. The fourth-order valence-corrected chi connectivity index (χ4v) is 1.33. The van der Waals surface area contributed by atoms with Crippen LogP contribution in [0, 0.1) is 0 Å². The van der Waals surface area contributed by atoms with Gasteiger partial charge in [-0.05, 0) is 24.6 Å². The van der Waals surface area contributed by atoms with E-state index in [1.807, 2.05) is 0 Å². The first kappa shape index (κ1) is 12.8. The molecule has 0 aliphatic heterocycles. The number of phenolic OH excluding ortho intramolecular Hbond substituents is 1. The van der Waals surface area contributed by atoms with Gasteiger partial charge in [-0.25, -0.2) is 0 Å². The maximum absolute atomic E-state index is 12.6. The lowest BCUT2D eigenvalue weighted by Crippen LogP contribution is -2.26. The predicted molar refractivity (Wildman–Crippen MR) is 51.7 cm³/mol. The van der Waals surface area contributed by atoms with Crippen molar-refractivity contribution in [1.82, 2.24) is 0 Å². The molecule has 90 valence electrons. The van der Waals surface area contributed by atoms with Gasteiger partial charge in [0.25, 0.3) is 0 Å². The molecule has 0 amide bonds. The molecule has 1 aromatic carbocycles. The summed E-state index contributed by atoms with van der Waals surface area (Å²) in [6.45, 7) is 1.40. The van der Waals surface area contributed by atoms with Crippen molar-refractivity contribution in [3.8, 4) is 5.75 Å². The molecule has 0 bridgehead atoms. The molecule has 3 nitrogen and oxygen atoms in total. The van der Waals surface area contributed by atoms with Crippen molar-refractivity contribution >= 4 is 0 Å². The molecule has 0 saturated carbocycles. The van der Waals surface area contributed by atoms with Crippen LogP contribution in [-0.4, -0.2) is 16.3 Å². The molecule has 0 aliphatic carbocycles. The van der Waals surface area contributed by atoms with Crippen LogP contribution in [0.2, 0.25) is 0 Å². The van der Waals surface area contributed by atoms with Gasteiger partial charge in [0, 0.05) is 6.04 Å². The van der Waals surface area contributed by atoms with Crippen LogP contribution in [0.25, 0.3) is 0 Å². The van der Waals surface area contributed by atoms with Gasteiger partial charge < -0.3 is 15.9 Å². The second-order valence-electron chi connectivity index (χ2n) is 3.57. The van der Waals surface area contributed by atoms with Crippen LogP contribution in [0.4, 0.5) is 13.2 Å². The van der Waals surface area contributed by atoms with Crippen molar-refractivity contribution in [3.05, 3.63) is 29.3 Å². The van der Waals surface area contributed by atoms with E-state index in [9.17, 15) is 18.3 Å². The molecule has 0 spiro atoms. The summed E-state index contributed by atoms with van der Waals surface area (Å²) in [5.74, 6) is -0.507. The first-order valence-corrected chi connectivity index (χ1v) is 4.57. The van der Waals surface area contributed by atoms with Crippen molar-refractivity contribution < 1.29 is 23.4 Å². The molecule has 6 heteroatoms. The van der Waals surface area contributed by atoms with Crippen molar-refractivity contribution in [3.63, 3.8) is 0 Å². The van der Waals surface area contributed by atoms with Crippen LogP contribution in [0.5, 0.6) is 5.75 Å². The Labute approximate surface area is 90.3 Å². The average molecular weight is 235 g/mol. The highest BCUT2D eigenvalue weighted by molar-refractivity contribution is 5.38. The predicted octanol–water partition coefficient (Wildman–Crippen LogP) is 1.79. The van der Waals surface area contributed by atoms with Crippen molar-refractivity contribution in [2.75, 3.05) is 0 Å². The molecule has 0 aliphatic rings. The van der Waals surface area contributed by atoms with Gasteiger partial charge in [0.2, 0.25) is 0 Å². The lowest BCUT2D eigenvalue weighted by molar-refractivity contribution is -0.139. The monoisotopic (exact) mass is 235 g/mol. The van der Waals surface area contributed by atoms with E-state index in [0.717, 1.165) is 12.1 Å². The van der Waals surface area contributed by atoms with E-state index < -0.39 is 29.6 Å². The number of aliphatic hydroxyl groups is 1. The molecule has 4 N–H and O–H groups in total. The summed E-state index contributed by atoms with van der Waals surface area (Å²) in [7, 11) is 0. The summed E-state index contributed by atoms with van der Waals surface area (Å²) in [6.07, 6.45) is -6.05. The van der Waals surface area contributed by atoms with E-state index in [2.05, 4.69) is 0 Å². The summed E-state index contributed by atoms with van der Waals surface area (Å²) in [5, 5.41) is 18.5. The first-order valence-electron chi connectivity index (χ1n) is 4.57. The number of nitrogens with two attached hydrogens (primary N) is 1. The van der Waals surface area contributed by atoms with Crippen LogP contribution in [0.1, 0.15) is 24.2 Å². The number of hydrogen-bond acceptors (Lipinski definition) is 3. The topological polar surface area (TPSA) is 66.5 Å². The molecule has 0 heterocycles. The van der Waals surface area contributed by atoms with Gasteiger partial charge in [-0.15, -0.1) is 0 Å². The molecule has 1 rings (SSSR count). The highest BCUT2D eigenvalue weighted by Gasteiger charge is 2.35. The van der Waals surface area contributed by atoms with E-state index in [1.54, 1.807) is 0 Å². The summed E-state index contributed by atoms with van der Waals surface area (Å²) in [5.41, 5.74) is 3.93. The largest absolute Gasteiger partial charge is 0.508 e. The molecule has 2 unspecified atom stereocenters. The molecule has 0 fully saturated rings. The Kier molecular flexibility index (Phi) is 3.44. The normalized spacial score (nSPS) is 15.9. The molecular weight excluding hydrogens is 223 g/mol. The number of benzene rings is 1. The van der Waals surface area contributed by atoms with Gasteiger partial charge >= 0.3 is 6.18 Å². The molecule has 0 saturated heterocycles.